The van der Waals surface area contributed by atoms with Crippen LogP contribution in [0.15, 0.2) is 0 Å². The second kappa shape index (κ2) is 7.07. The summed E-state index contributed by atoms with van der Waals surface area (Å²) in [5.41, 5.74) is -0.621. The number of aliphatic hydroxyl groups is 1. The van der Waals surface area contributed by atoms with Gasteiger partial charge in [-0.2, -0.15) is 0 Å². The largest absolute Gasteiger partial charge is 0.481 e. The Bertz CT molecular complexity index is 255. The minimum atomic E-state index is -0.704. The van der Waals surface area contributed by atoms with E-state index in [0.717, 1.165) is 52.1 Å². The maximum absolute atomic E-state index is 10.4. The minimum Gasteiger partial charge on any atom is -0.481 e. The Labute approximate surface area is 109 Å². The molecule has 0 aromatic carbocycles. The van der Waals surface area contributed by atoms with E-state index < -0.39 is 11.6 Å². The maximum Gasteiger partial charge on any atom is 0.303 e. The molecule has 0 aliphatic carbocycles. The van der Waals surface area contributed by atoms with Gasteiger partial charge in [0.25, 0.3) is 0 Å². The second-order valence-corrected chi connectivity index (χ2v) is 5.78. The van der Waals surface area contributed by atoms with Gasteiger partial charge in [0.2, 0.25) is 0 Å². The molecule has 0 spiro atoms. The van der Waals surface area contributed by atoms with Gasteiger partial charge in [-0.05, 0) is 33.2 Å². The number of carboxylic acids is 1. The molecule has 1 saturated heterocycles. The Balaban J connectivity index is 2.10. The summed E-state index contributed by atoms with van der Waals surface area (Å²) < 4.78 is 0. The van der Waals surface area contributed by atoms with Crippen LogP contribution in [0.4, 0.5) is 0 Å². The van der Waals surface area contributed by atoms with E-state index in [0.29, 0.717) is 0 Å². The van der Waals surface area contributed by atoms with Gasteiger partial charge < -0.3 is 15.1 Å². The van der Waals surface area contributed by atoms with Crippen molar-refractivity contribution in [2.75, 3.05) is 39.3 Å². The average Bonchev–Trinajstić information content (AvgIpc) is 2.24. The molecule has 0 amide bonds. The van der Waals surface area contributed by atoms with Gasteiger partial charge in [0.15, 0.2) is 0 Å². The zero-order valence-corrected chi connectivity index (χ0v) is 11.6. The number of hydrogen-bond acceptors (Lipinski definition) is 4. The van der Waals surface area contributed by atoms with Gasteiger partial charge in [0.05, 0.1) is 5.60 Å². The van der Waals surface area contributed by atoms with Crippen molar-refractivity contribution in [3.63, 3.8) is 0 Å². The lowest BCUT2D eigenvalue weighted by atomic mass is 10.1. The molecule has 0 atom stereocenters. The molecule has 0 bridgehead atoms. The molecular formula is C13H26N2O3. The number of hydrogen-bond donors (Lipinski definition) is 2. The molecule has 0 aromatic rings. The second-order valence-electron chi connectivity index (χ2n) is 5.78. The van der Waals surface area contributed by atoms with Crippen LogP contribution in [-0.4, -0.2) is 70.9 Å². The van der Waals surface area contributed by atoms with E-state index in [4.69, 9.17) is 5.11 Å². The predicted octanol–water partition coefficient (Wildman–Crippen LogP) is 0.630. The van der Waals surface area contributed by atoms with Crippen LogP contribution in [0, 0.1) is 0 Å². The van der Waals surface area contributed by atoms with Gasteiger partial charge in [-0.3, -0.25) is 9.69 Å². The highest BCUT2D eigenvalue weighted by atomic mass is 16.4. The normalized spacial score (nSPS) is 19.1. The monoisotopic (exact) mass is 258 g/mol. The van der Waals surface area contributed by atoms with Crippen LogP contribution in [0.3, 0.4) is 0 Å². The van der Waals surface area contributed by atoms with Crippen molar-refractivity contribution >= 4 is 5.97 Å². The summed E-state index contributed by atoms with van der Waals surface area (Å²) in [6, 6.07) is 0. The number of β-amino-alcohol motifs (C(OH)–C–C–N with tert-alkyl or cyclic N) is 1. The lowest BCUT2D eigenvalue weighted by Gasteiger charge is -2.37. The van der Waals surface area contributed by atoms with Crippen LogP contribution >= 0.6 is 0 Å². The number of aliphatic carboxylic acids is 1. The van der Waals surface area contributed by atoms with Crippen molar-refractivity contribution in [1.82, 2.24) is 9.80 Å². The van der Waals surface area contributed by atoms with Gasteiger partial charge >= 0.3 is 5.97 Å². The summed E-state index contributed by atoms with van der Waals surface area (Å²) in [6.45, 7) is 9.40. The van der Waals surface area contributed by atoms with Gasteiger partial charge in [0.1, 0.15) is 0 Å². The summed E-state index contributed by atoms with van der Waals surface area (Å²) in [5, 5.41) is 18.3. The number of piperazine rings is 1. The first-order valence-corrected chi connectivity index (χ1v) is 6.76. The molecule has 1 heterocycles. The molecule has 18 heavy (non-hydrogen) atoms. The molecule has 106 valence electrons. The van der Waals surface area contributed by atoms with Gasteiger partial charge in [-0.1, -0.05) is 0 Å². The fraction of sp³-hybridized carbons (Fsp3) is 0.923. The molecule has 1 rings (SSSR count). The number of nitrogens with zero attached hydrogens (tertiary/aromatic N) is 2. The maximum atomic E-state index is 10.4. The fourth-order valence-electron chi connectivity index (χ4n) is 2.33. The van der Waals surface area contributed by atoms with Crippen LogP contribution in [0.25, 0.3) is 0 Å². The smallest absolute Gasteiger partial charge is 0.303 e. The zero-order chi connectivity index (χ0) is 13.6. The molecule has 0 radical (unpaired) electrons. The summed E-state index contributed by atoms with van der Waals surface area (Å²) in [4.78, 5) is 15.0. The van der Waals surface area contributed by atoms with Crippen LogP contribution < -0.4 is 0 Å². The predicted molar refractivity (Wildman–Crippen MR) is 70.7 cm³/mol. The highest BCUT2D eigenvalue weighted by Crippen LogP contribution is 2.09. The van der Waals surface area contributed by atoms with E-state index in [-0.39, 0.29) is 6.42 Å². The topological polar surface area (TPSA) is 64.0 Å². The van der Waals surface area contributed by atoms with Crippen molar-refractivity contribution < 1.29 is 15.0 Å². The molecule has 1 aliphatic heterocycles. The molecule has 5 nitrogen and oxygen atoms in total. The highest BCUT2D eigenvalue weighted by molar-refractivity contribution is 5.66. The summed E-state index contributed by atoms with van der Waals surface area (Å²) in [6.07, 6.45) is 2.00. The number of carbonyl (C=O) groups is 1. The van der Waals surface area contributed by atoms with Gasteiger partial charge in [-0.25, -0.2) is 0 Å². The first-order valence-electron chi connectivity index (χ1n) is 6.76. The number of rotatable bonds is 7. The zero-order valence-electron chi connectivity index (χ0n) is 11.6. The summed E-state index contributed by atoms with van der Waals surface area (Å²) in [5.74, 6) is -0.704. The van der Waals surface area contributed by atoms with E-state index >= 15 is 0 Å². The van der Waals surface area contributed by atoms with Gasteiger partial charge in [0, 0.05) is 39.1 Å². The molecular weight excluding hydrogens is 232 g/mol. The first kappa shape index (κ1) is 15.4. The molecule has 5 heteroatoms. The molecule has 2 N–H and O–H groups in total. The summed E-state index contributed by atoms with van der Waals surface area (Å²) >= 11 is 0. The van der Waals surface area contributed by atoms with Crippen molar-refractivity contribution in [3.8, 4) is 0 Å². The number of unbranched alkanes of at least 4 members (excludes halogenated alkanes) is 1. The molecule has 0 saturated carbocycles. The SMILES string of the molecule is CC(C)(O)CN1CCN(CCCCC(=O)O)CC1. The van der Waals surface area contributed by atoms with Crippen molar-refractivity contribution in [2.45, 2.75) is 38.7 Å². The Hall–Kier alpha value is -0.650. The third-order valence-electron chi connectivity index (χ3n) is 3.19. The molecule has 1 fully saturated rings. The van der Waals surface area contributed by atoms with E-state index in [9.17, 15) is 9.90 Å². The Morgan fingerprint density at radius 2 is 1.67 bits per heavy atom. The minimum absolute atomic E-state index is 0.276. The quantitative estimate of drug-likeness (QED) is 0.656. The third-order valence-corrected chi connectivity index (χ3v) is 3.19. The van der Waals surface area contributed by atoms with Crippen molar-refractivity contribution in [2.24, 2.45) is 0 Å². The van der Waals surface area contributed by atoms with E-state index in [1.807, 2.05) is 13.8 Å². The van der Waals surface area contributed by atoms with Crippen molar-refractivity contribution in [3.05, 3.63) is 0 Å². The molecule has 0 aromatic heterocycles. The average molecular weight is 258 g/mol. The Kier molecular flexibility index (Phi) is 6.05. The van der Waals surface area contributed by atoms with E-state index in [2.05, 4.69) is 9.80 Å². The molecule has 0 unspecified atom stereocenters. The first-order chi connectivity index (χ1) is 8.37. The lowest BCUT2D eigenvalue weighted by molar-refractivity contribution is -0.137. The van der Waals surface area contributed by atoms with Crippen molar-refractivity contribution in [1.29, 1.82) is 0 Å². The van der Waals surface area contributed by atoms with Crippen LogP contribution in [0.5, 0.6) is 0 Å². The molecule has 1 aliphatic rings. The third kappa shape index (κ3) is 6.93. The van der Waals surface area contributed by atoms with E-state index in [1.165, 1.54) is 0 Å². The van der Waals surface area contributed by atoms with E-state index in [1.54, 1.807) is 0 Å². The van der Waals surface area contributed by atoms with Crippen LogP contribution in [0.1, 0.15) is 33.1 Å². The summed E-state index contributed by atoms with van der Waals surface area (Å²) in [7, 11) is 0. The Morgan fingerprint density at radius 1 is 1.11 bits per heavy atom. The lowest BCUT2D eigenvalue weighted by Crippen LogP contribution is -2.50. The Morgan fingerprint density at radius 3 is 2.17 bits per heavy atom. The van der Waals surface area contributed by atoms with Crippen LogP contribution in [0.2, 0.25) is 0 Å². The fourth-order valence-corrected chi connectivity index (χ4v) is 2.33. The van der Waals surface area contributed by atoms with Gasteiger partial charge in [-0.15, -0.1) is 0 Å². The highest BCUT2D eigenvalue weighted by Gasteiger charge is 2.22. The number of carboxylic acid groups (broad SMARTS) is 1. The van der Waals surface area contributed by atoms with Crippen LogP contribution in [-0.2, 0) is 4.79 Å². The standard InChI is InChI=1S/C13H26N2O3/c1-13(2,18)11-15-9-7-14(8-10-15)6-4-3-5-12(16)17/h18H,3-11H2,1-2H3,(H,16,17).